The monoisotopic (exact) mass is 461 g/mol. The quantitative estimate of drug-likeness (QED) is 0.625. The van der Waals surface area contributed by atoms with E-state index in [1.165, 1.54) is 23.5 Å². The lowest BCUT2D eigenvalue weighted by Crippen LogP contribution is -2.36. The van der Waals surface area contributed by atoms with Gasteiger partial charge in [0.2, 0.25) is 15.9 Å². The number of ether oxygens (including phenoxy) is 2. The molecule has 172 valence electrons. The van der Waals surface area contributed by atoms with Crippen LogP contribution in [0.2, 0.25) is 0 Å². The summed E-state index contributed by atoms with van der Waals surface area (Å²) in [4.78, 5) is 24.0. The van der Waals surface area contributed by atoms with Gasteiger partial charge in [0.25, 0.3) is 0 Å². The number of amides is 2. The summed E-state index contributed by atoms with van der Waals surface area (Å²) in [6.07, 6.45) is 1.89. The van der Waals surface area contributed by atoms with Gasteiger partial charge in [-0.15, -0.1) is 0 Å². The lowest BCUT2D eigenvalue weighted by Gasteiger charge is -2.26. The Morgan fingerprint density at radius 2 is 1.75 bits per heavy atom. The molecule has 2 aromatic rings. The van der Waals surface area contributed by atoms with Gasteiger partial charge in [-0.25, -0.2) is 13.2 Å². The molecule has 0 unspecified atom stereocenters. The maximum atomic E-state index is 13.1. The van der Waals surface area contributed by atoms with Crippen LogP contribution >= 0.6 is 0 Å². The molecule has 1 aliphatic rings. The third kappa shape index (κ3) is 6.21. The summed E-state index contributed by atoms with van der Waals surface area (Å²) in [6.45, 7) is 0.673. The zero-order chi connectivity index (χ0) is 23.0. The molecule has 0 bridgehead atoms. The van der Waals surface area contributed by atoms with Gasteiger partial charge in [0.05, 0.1) is 7.11 Å². The van der Waals surface area contributed by atoms with Gasteiger partial charge in [0.1, 0.15) is 23.8 Å². The van der Waals surface area contributed by atoms with Crippen LogP contribution in [0.15, 0.2) is 53.4 Å². The fraction of sp³-hybridized carbons (Fsp3) is 0.364. The standard InChI is InChI=1S/C22H27N3O6S/c1-30-19-11-10-18(14-20(19)32(28,29)25-12-6-3-7-13-25)24-21(26)15-23-22(27)31-16-17-8-4-2-5-9-17/h2,4-5,8-11,14H,3,6-7,12-13,15-16H2,1H3,(H,23,27)(H,24,26). The SMILES string of the molecule is COc1ccc(NC(=O)CNC(=O)OCc2ccccc2)cc1S(=O)(=O)N1CCCCC1. The van der Waals surface area contributed by atoms with Crippen molar-refractivity contribution >= 4 is 27.7 Å². The van der Waals surface area contributed by atoms with E-state index < -0.39 is 22.0 Å². The fourth-order valence-corrected chi connectivity index (χ4v) is 5.03. The van der Waals surface area contributed by atoms with Crippen molar-refractivity contribution in [2.45, 2.75) is 30.8 Å². The molecular formula is C22H27N3O6S. The number of carbonyl (C=O) groups is 2. The van der Waals surface area contributed by atoms with Crippen molar-refractivity contribution in [1.82, 2.24) is 9.62 Å². The molecule has 0 aliphatic carbocycles. The number of alkyl carbamates (subject to hydrolysis) is 1. The third-order valence-electron chi connectivity index (χ3n) is 4.99. The molecule has 1 fully saturated rings. The van der Waals surface area contributed by atoms with E-state index in [-0.39, 0.29) is 29.5 Å². The van der Waals surface area contributed by atoms with Crippen LogP contribution in [-0.2, 0) is 26.2 Å². The maximum absolute atomic E-state index is 13.1. The average molecular weight is 462 g/mol. The van der Waals surface area contributed by atoms with E-state index in [0.717, 1.165) is 24.8 Å². The van der Waals surface area contributed by atoms with Gasteiger partial charge in [0, 0.05) is 18.8 Å². The number of carbonyl (C=O) groups excluding carboxylic acids is 2. The van der Waals surface area contributed by atoms with E-state index in [9.17, 15) is 18.0 Å². The summed E-state index contributed by atoms with van der Waals surface area (Å²) in [5, 5.41) is 4.96. The normalized spacial score (nSPS) is 14.4. The number of sulfonamides is 1. The van der Waals surface area contributed by atoms with Crippen molar-refractivity contribution in [2.24, 2.45) is 0 Å². The number of benzene rings is 2. The maximum Gasteiger partial charge on any atom is 0.407 e. The second-order valence-electron chi connectivity index (χ2n) is 7.29. The Hall–Kier alpha value is -3.11. The average Bonchev–Trinajstić information content (AvgIpc) is 2.82. The summed E-state index contributed by atoms with van der Waals surface area (Å²) in [7, 11) is -2.36. The fourth-order valence-electron chi connectivity index (χ4n) is 3.33. The lowest BCUT2D eigenvalue weighted by atomic mass is 10.2. The second kappa shape index (κ2) is 11.0. The lowest BCUT2D eigenvalue weighted by molar-refractivity contribution is -0.115. The molecule has 3 rings (SSSR count). The van der Waals surface area contributed by atoms with Gasteiger partial charge in [0.15, 0.2) is 0 Å². The number of methoxy groups -OCH3 is 1. The summed E-state index contributed by atoms with van der Waals surface area (Å²) in [6, 6.07) is 13.6. The van der Waals surface area contributed by atoms with E-state index in [1.54, 1.807) is 6.07 Å². The van der Waals surface area contributed by atoms with Crippen molar-refractivity contribution in [1.29, 1.82) is 0 Å². The van der Waals surface area contributed by atoms with Crippen molar-refractivity contribution < 1.29 is 27.5 Å². The largest absolute Gasteiger partial charge is 0.495 e. The number of nitrogens with one attached hydrogen (secondary N) is 2. The summed E-state index contributed by atoms with van der Waals surface area (Å²) >= 11 is 0. The second-order valence-corrected chi connectivity index (χ2v) is 9.20. The molecule has 2 amide bonds. The smallest absolute Gasteiger partial charge is 0.407 e. The number of hydrogen-bond acceptors (Lipinski definition) is 6. The molecule has 0 radical (unpaired) electrons. The van der Waals surface area contributed by atoms with Crippen molar-refractivity contribution in [2.75, 3.05) is 32.1 Å². The highest BCUT2D eigenvalue weighted by Crippen LogP contribution is 2.31. The Morgan fingerprint density at radius 3 is 2.44 bits per heavy atom. The number of anilines is 1. The Bertz CT molecular complexity index is 1040. The van der Waals surface area contributed by atoms with Crippen LogP contribution in [0.5, 0.6) is 5.75 Å². The highest BCUT2D eigenvalue weighted by molar-refractivity contribution is 7.89. The molecule has 0 atom stereocenters. The number of piperidine rings is 1. The minimum absolute atomic E-state index is 0.00469. The Labute approximate surface area is 187 Å². The van der Waals surface area contributed by atoms with Crippen LogP contribution in [0.1, 0.15) is 24.8 Å². The molecule has 2 N–H and O–H groups in total. The predicted molar refractivity (Wildman–Crippen MR) is 119 cm³/mol. The van der Waals surface area contributed by atoms with E-state index in [2.05, 4.69) is 10.6 Å². The van der Waals surface area contributed by atoms with Gasteiger partial charge in [-0.05, 0) is 36.6 Å². The molecule has 32 heavy (non-hydrogen) atoms. The first-order valence-electron chi connectivity index (χ1n) is 10.3. The van der Waals surface area contributed by atoms with E-state index in [1.807, 2.05) is 30.3 Å². The van der Waals surface area contributed by atoms with Crippen LogP contribution in [0.3, 0.4) is 0 Å². The molecule has 0 saturated carbocycles. The molecule has 1 saturated heterocycles. The predicted octanol–water partition coefficient (Wildman–Crippen LogP) is 2.73. The van der Waals surface area contributed by atoms with Crippen molar-refractivity contribution in [3.63, 3.8) is 0 Å². The minimum Gasteiger partial charge on any atom is -0.495 e. The Kier molecular flexibility index (Phi) is 8.07. The zero-order valence-electron chi connectivity index (χ0n) is 17.9. The number of hydrogen-bond donors (Lipinski definition) is 2. The summed E-state index contributed by atoms with van der Waals surface area (Å²) in [5.74, 6) is -0.315. The molecule has 0 spiro atoms. The van der Waals surface area contributed by atoms with Crippen LogP contribution in [0, 0.1) is 0 Å². The molecule has 0 aromatic heterocycles. The van der Waals surface area contributed by atoms with Crippen molar-refractivity contribution in [3.8, 4) is 5.75 Å². The summed E-state index contributed by atoms with van der Waals surface area (Å²) in [5.41, 5.74) is 1.11. The minimum atomic E-state index is -3.76. The molecular weight excluding hydrogens is 434 g/mol. The molecule has 9 nitrogen and oxygen atoms in total. The van der Waals surface area contributed by atoms with Gasteiger partial charge in [-0.2, -0.15) is 4.31 Å². The topological polar surface area (TPSA) is 114 Å². The van der Waals surface area contributed by atoms with E-state index >= 15 is 0 Å². The third-order valence-corrected chi connectivity index (χ3v) is 6.91. The molecule has 1 aliphatic heterocycles. The number of rotatable bonds is 8. The van der Waals surface area contributed by atoms with E-state index in [0.29, 0.717) is 13.1 Å². The van der Waals surface area contributed by atoms with Crippen LogP contribution in [-0.4, -0.2) is 51.5 Å². The molecule has 1 heterocycles. The Balaban J connectivity index is 1.58. The molecule has 10 heteroatoms. The molecule has 2 aromatic carbocycles. The van der Waals surface area contributed by atoms with Gasteiger partial charge in [-0.3, -0.25) is 4.79 Å². The first-order chi connectivity index (χ1) is 15.4. The number of nitrogens with zero attached hydrogens (tertiary/aromatic N) is 1. The highest BCUT2D eigenvalue weighted by Gasteiger charge is 2.29. The van der Waals surface area contributed by atoms with Crippen molar-refractivity contribution in [3.05, 3.63) is 54.1 Å². The highest BCUT2D eigenvalue weighted by atomic mass is 32.2. The first-order valence-corrected chi connectivity index (χ1v) is 11.8. The van der Waals surface area contributed by atoms with Crippen LogP contribution in [0.25, 0.3) is 0 Å². The summed E-state index contributed by atoms with van der Waals surface area (Å²) < 4.78 is 37.9. The van der Waals surface area contributed by atoms with E-state index in [4.69, 9.17) is 9.47 Å². The van der Waals surface area contributed by atoms with Gasteiger partial charge in [-0.1, -0.05) is 36.8 Å². The van der Waals surface area contributed by atoms with Crippen LogP contribution in [0.4, 0.5) is 10.5 Å². The Morgan fingerprint density at radius 1 is 1.03 bits per heavy atom. The van der Waals surface area contributed by atoms with Crippen LogP contribution < -0.4 is 15.4 Å². The van der Waals surface area contributed by atoms with Gasteiger partial charge >= 0.3 is 6.09 Å². The zero-order valence-corrected chi connectivity index (χ0v) is 18.7. The first kappa shape index (κ1) is 23.6. The van der Waals surface area contributed by atoms with Gasteiger partial charge < -0.3 is 20.1 Å².